The molecule has 6 nitrogen and oxygen atoms in total. The summed E-state index contributed by atoms with van der Waals surface area (Å²) >= 11 is 0. The Balaban J connectivity index is 3.06. The highest BCUT2D eigenvalue weighted by atomic mass is 32.2. The van der Waals surface area contributed by atoms with E-state index in [0.29, 0.717) is 6.54 Å². The van der Waals surface area contributed by atoms with Crippen LogP contribution in [-0.2, 0) is 16.6 Å². The number of nitrogens with two attached hydrogens (primary N) is 1. The Morgan fingerprint density at radius 3 is 2.81 bits per heavy atom. The molecule has 0 aromatic carbocycles. The summed E-state index contributed by atoms with van der Waals surface area (Å²) in [7, 11) is -3.62. The molecule has 0 bridgehead atoms. The molecule has 0 radical (unpaired) electrons. The zero-order valence-electron chi connectivity index (χ0n) is 9.34. The predicted octanol–water partition coefficient (Wildman–Crippen LogP) is 0.338. The van der Waals surface area contributed by atoms with Crippen molar-refractivity contribution < 1.29 is 8.42 Å². The SMILES string of the molecule is C=CC(C)NS(=O)(=O)c1cn(CC)nc1N. The van der Waals surface area contributed by atoms with Crippen LogP contribution >= 0.6 is 0 Å². The van der Waals surface area contributed by atoms with E-state index in [1.165, 1.54) is 17.0 Å². The van der Waals surface area contributed by atoms with Crippen LogP contribution in [0.25, 0.3) is 0 Å². The van der Waals surface area contributed by atoms with Gasteiger partial charge in [-0.25, -0.2) is 13.1 Å². The lowest BCUT2D eigenvalue weighted by Gasteiger charge is -2.08. The Kier molecular flexibility index (Phi) is 3.71. The second-order valence-corrected chi connectivity index (χ2v) is 5.06. The molecule has 0 aliphatic heterocycles. The maximum Gasteiger partial charge on any atom is 0.246 e. The Bertz CT molecular complexity index is 478. The summed E-state index contributed by atoms with van der Waals surface area (Å²) in [5.74, 6) is 0.00520. The highest BCUT2D eigenvalue weighted by Gasteiger charge is 2.21. The molecule has 90 valence electrons. The molecule has 7 heteroatoms. The second kappa shape index (κ2) is 4.67. The first-order valence-corrected chi connectivity index (χ1v) is 6.36. The molecule has 1 heterocycles. The smallest absolute Gasteiger partial charge is 0.246 e. The minimum Gasteiger partial charge on any atom is -0.381 e. The van der Waals surface area contributed by atoms with Gasteiger partial charge in [-0.3, -0.25) is 4.68 Å². The fourth-order valence-electron chi connectivity index (χ4n) is 1.14. The third-order valence-electron chi connectivity index (χ3n) is 2.06. The van der Waals surface area contributed by atoms with Crippen molar-refractivity contribution in [2.45, 2.75) is 31.3 Å². The van der Waals surface area contributed by atoms with Crippen LogP contribution < -0.4 is 10.5 Å². The van der Waals surface area contributed by atoms with Crippen molar-refractivity contribution in [2.75, 3.05) is 5.73 Å². The van der Waals surface area contributed by atoms with E-state index in [0.717, 1.165) is 0 Å². The average Bonchev–Trinajstić information content (AvgIpc) is 2.59. The molecule has 0 fully saturated rings. The first kappa shape index (κ1) is 12.7. The summed E-state index contributed by atoms with van der Waals surface area (Å²) in [6.45, 7) is 7.60. The predicted molar refractivity (Wildman–Crippen MR) is 62.3 cm³/mol. The molecule has 0 saturated heterocycles. The van der Waals surface area contributed by atoms with Gasteiger partial charge in [-0.2, -0.15) is 5.10 Å². The fourth-order valence-corrected chi connectivity index (χ4v) is 2.43. The highest BCUT2D eigenvalue weighted by molar-refractivity contribution is 7.89. The summed E-state index contributed by atoms with van der Waals surface area (Å²) in [4.78, 5) is 0.00282. The van der Waals surface area contributed by atoms with Crippen molar-refractivity contribution in [3.05, 3.63) is 18.9 Å². The van der Waals surface area contributed by atoms with Crippen molar-refractivity contribution in [3.8, 4) is 0 Å². The quantitative estimate of drug-likeness (QED) is 0.731. The van der Waals surface area contributed by atoms with E-state index in [9.17, 15) is 8.42 Å². The van der Waals surface area contributed by atoms with Gasteiger partial charge < -0.3 is 5.73 Å². The van der Waals surface area contributed by atoms with Crippen molar-refractivity contribution in [2.24, 2.45) is 0 Å². The normalized spacial score (nSPS) is 13.6. The van der Waals surface area contributed by atoms with E-state index in [2.05, 4.69) is 16.4 Å². The zero-order valence-corrected chi connectivity index (χ0v) is 10.2. The first-order chi connectivity index (χ1) is 7.40. The minimum atomic E-state index is -3.62. The van der Waals surface area contributed by atoms with Crippen LogP contribution in [-0.4, -0.2) is 24.2 Å². The number of hydrogen-bond acceptors (Lipinski definition) is 4. The van der Waals surface area contributed by atoms with Gasteiger partial charge in [0.2, 0.25) is 10.0 Å². The molecule has 1 unspecified atom stereocenters. The van der Waals surface area contributed by atoms with Gasteiger partial charge in [-0.1, -0.05) is 6.08 Å². The van der Waals surface area contributed by atoms with Crippen LogP contribution in [0.15, 0.2) is 23.7 Å². The maximum absolute atomic E-state index is 11.9. The van der Waals surface area contributed by atoms with Crippen LogP contribution in [0.2, 0.25) is 0 Å². The number of nitrogens with one attached hydrogen (secondary N) is 1. The van der Waals surface area contributed by atoms with Crippen LogP contribution in [0.3, 0.4) is 0 Å². The van der Waals surface area contributed by atoms with Crippen molar-refractivity contribution in [3.63, 3.8) is 0 Å². The molecule has 3 N–H and O–H groups in total. The summed E-state index contributed by atoms with van der Waals surface area (Å²) in [5.41, 5.74) is 5.54. The molecule has 1 rings (SSSR count). The Morgan fingerprint density at radius 2 is 2.38 bits per heavy atom. The summed E-state index contributed by atoms with van der Waals surface area (Å²) in [5, 5.41) is 3.88. The third-order valence-corrected chi connectivity index (χ3v) is 3.64. The van der Waals surface area contributed by atoms with E-state index in [4.69, 9.17) is 5.73 Å². The lowest BCUT2D eigenvalue weighted by molar-refractivity contribution is 0.576. The standard InChI is InChI=1S/C9H16N4O2S/c1-4-7(3)12-16(14,15)8-6-13(5-2)11-9(8)10/h4,6-7,12H,1,5H2,2-3H3,(H2,10,11). The molecule has 1 aromatic rings. The first-order valence-electron chi connectivity index (χ1n) is 4.88. The highest BCUT2D eigenvalue weighted by Crippen LogP contribution is 2.16. The molecule has 0 aliphatic carbocycles. The van der Waals surface area contributed by atoms with E-state index >= 15 is 0 Å². The van der Waals surface area contributed by atoms with Crippen LogP contribution in [0.5, 0.6) is 0 Å². The number of aryl methyl sites for hydroxylation is 1. The van der Waals surface area contributed by atoms with Gasteiger partial charge in [0.05, 0.1) is 0 Å². The van der Waals surface area contributed by atoms with Gasteiger partial charge >= 0.3 is 0 Å². The van der Waals surface area contributed by atoms with Crippen molar-refractivity contribution in [1.29, 1.82) is 0 Å². The van der Waals surface area contributed by atoms with Gasteiger partial charge in [0.15, 0.2) is 5.82 Å². The monoisotopic (exact) mass is 244 g/mol. The Hall–Kier alpha value is -1.34. The Labute approximate surface area is 95.2 Å². The number of hydrogen-bond donors (Lipinski definition) is 2. The lowest BCUT2D eigenvalue weighted by Crippen LogP contribution is -2.31. The minimum absolute atomic E-state index is 0.00282. The number of anilines is 1. The van der Waals surface area contributed by atoms with Gasteiger partial charge in [0.25, 0.3) is 0 Å². The zero-order chi connectivity index (χ0) is 12.3. The summed E-state index contributed by atoms with van der Waals surface area (Å²) in [6.07, 6.45) is 2.91. The second-order valence-electron chi connectivity index (χ2n) is 3.38. The van der Waals surface area contributed by atoms with Gasteiger partial charge in [0, 0.05) is 18.8 Å². The van der Waals surface area contributed by atoms with E-state index in [-0.39, 0.29) is 16.8 Å². The van der Waals surface area contributed by atoms with Crippen LogP contribution in [0.1, 0.15) is 13.8 Å². The van der Waals surface area contributed by atoms with E-state index < -0.39 is 10.0 Å². The number of nitrogens with zero attached hydrogens (tertiary/aromatic N) is 2. The topological polar surface area (TPSA) is 90.0 Å². The molecule has 0 aliphatic rings. The number of sulfonamides is 1. The molecule has 0 saturated carbocycles. The van der Waals surface area contributed by atoms with Gasteiger partial charge in [0.1, 0.15) is 4.90 Å². The number of rotatable bonds is 5. The molecule has 0 amide bonds. The molecule has 16 heavy (non-hydrogen) atoms. The molecule has 1 aromatic heterocycles. The van der Waals surface area contributed by atoms with Crippen molar-refractivity contribution >= 4 is 15.8 Å². The third kappa shape index (κ3) is 2.61. The van der Waals surface area contributed by atoms with Crippen LogP contribution in [0.4, 0.5) is 5.82 Å². The summed E-state index contributed by atoms with van der Waals surface area (Å²) in [6, 6.07) is -0.352. The van der Waals surface area contributed by atoms with E-state index in [1.807, 2.05) is 6.92 Å². The summed E-state index contributed by atoms with van der Waals surface area (Å²) < 4.78 is 27.6. The largest absolute Gasteiger partial charge is 0.381 e. The van der Waals surface area contributed by atoms with E-state index in [1.54, 1.807) is 6.92 Å². The molecule has 1 atom stereocenters. The lowest BCUT2D eigenvalue weighted by atomic mass is 10.4. The number of nitrogen functional groups attached to an aromatic ring is 1. The number of aromatic nitrogens is 2. The van der Waals surface area contributed by atoms with Crippen LogP contribution in [0, 0.1) is 0 Å². The maximum atomic E-state index is 11.9. The fraction of sp³-hybridized carbons (Fsp3) is 0.444. The molecular formula is C9H16N4O2S. The van der Waals surface area contributed by atoms with Gasteiger partial charge in [-0.05, 0) is 13.8 Å². The van der Waals surface area contributed by atoms with Gasteiger partial charge in [-0.15, -0.1) is 6.58 Å². The Morgan fingerprint density at radius 1 is 1.75 bits per heavy atom. The molecular weight excluding hydrogens is 228 g/mol. The van der Waals surface area contributed by atoms with Crippen molar-refractivity contribution in [1.82, 2.24) is 14.5 Å². The molecule has 0 spiro atoms. The average molecular weight is 244 g/mol.